The van der Waals surface area contributed by atoms with Gasteiger partial charge in [0.05, 0.1) is 19.0 Å². The third kappa shape index (κ3) is 2.44. The molecule has 0 heterocycles. The molecule has 0 saturated carbocycles. The van der Waals surface area contributed by atoms with E-state index < -0.39 is 12.1 Å². The molecule has 0 aliphatic carbocycles. The predicted molar refractivity (Wildman–Crippen MR) is 48.1 cm³/mol. The largest absolute Gasteiger partial charge is 0.467 e. The van der Waals surface area contributed by atoms with Gasteiger partial charge >= 0.3 is 5.97 Å². The lowest BCUT2D eigenvalue weighted by Crippen LogP contribution is -2.14. The maximum Gasteiger partial charge on any atom is 0.341 e. The Kier molecular flexibility index (Phi) is 3.73. The smallest absolute Gasteiger partial charge is 0.341 e. The van der Waals surface area contributed by atoms with E-state index in [1.165, 1.54) is 7.11 Å². The monoisotopic (exact) mass is 200 g/mol. The fourth-order valence-electron chi connectivity index (χ4n) is 0.959. The van der Waals surface area contributed by atoms with Crippen molar-refractivity contribution < 1.29 is 13.8 Å². The Morgan fingerprint density at radius 1 is 1.38 bits per heavy atom. The first kappa shape index (κ1) is 10.0. The highest BCUT2D eigenvalue weighted by Crippen LogP contribution is 2.19. The number of carbonyl (C=O) groups is 1. The Morgan fingerprint density at radius 3 is 2.46 bits per heavy atom. The molecule has 70 valence electrons. The molecule has 1 rings (SSSR count). The van der Waals surface area contributed by atoms with E-state index in [1.54, 1.807) is 24.3 Å². The van der Waals surface area contributed by atoms with Crippen LogP contribution in [0.25, 0.3) is 0 Å². The van der Waals surface area contributed by atoms with Crippen LogP contribution in [0.15, 0.2) is 30.3 Å². The van der Waals surface area contributed by atoms with Crippen molar-refractivity contribution in [1.29, 1.82) is 0 Å². The van der Waals surface area contributed by atoms with E-state index in [9.17, 15) is 4.79 Å². The van der Waals surface area contributed by atoms with Crippen LogP contribution in [0.1, 0.15) is 11.7 Å². The van der Waals surface area contributed by atoms with Crippen LogP contribution in [0, 0.1) is 0 Å². The first-order valence-corrected chi connectivity index (χ1v) is 4.00. The maximum atomic E-state index is 11.1. The van der Waals surface area contributed by atoms with E-state index in [-0.39, 0.29) is 0 Å². The van der Waals surface area contributed by atoms with Gasteiger partial charge in [0.15, 0.2) is 0 Å². The summed E-state index contributed by atoms with van der Waals surface area (Å²) < 4.78 is 9.00. The average molecular weight is 201 g/mol. The molecule has 0 bridgehead atoms. The van der Waals surface area contributed by atoms with Crippen molar-refractivity contribution in [3.8, 4) is 0 Å². The van der Waals surface area contributed by atoms with Crippen LogP contribution in [-0.2, 0) is 13.8 Å². The molecular formula is C9H9ClO3. The molecule has 3 nitrogen and oxygen atoms in total. The van der Waals surface area contributed by atoms with Crippen LogP contribution in [0.2, 0.25) is 0 Å². The highest BCUT2D eigenvalue weighted by Gasteiger charge is 2.21. The molecule has 1 aromatic rings. The fraction of sp³-hybridized carbons (Fsp3) is 0.222. The molecular weight excluding hydrogens is 192 g/mol. The zero-order valence-corrected chi connectivity index (χ0v) is 7.82. The van der Waals surface area contributed by atoms with Crippen LogP contribution in [-0.4, -0.2) is 13.1 Å². The van der Waals surface area contributed by atoms with Gasteiger partial charge in [0.25, 0.3) is 0 Å². The lowest BCUT2D eigenvalue weighted by atomic mass is 10.1. The van der Waals surface area contributed by atoms with Crippen LogP contribution in [0.5, 0.6) is 0 Å². The van der Waals surface area contributed by atoms with Crippen molar-refractivity contribution in [2.45, 2.75) is 6.10 Å². The van der Waals surface area contributed by atoms with Crippen molar-refractivity contribution in [1.82, 2.24) is 0 Å². The Bertz CT molecular complexity index is 273. The standard InChI is InChI=1S/C9H9ClO3/c1-12-9(11)8(13-10)7-5-3-2-4-6-7/h2-6,8H,1H3. The molecule has 0 radical (unpaired) electrons. The first-order chi connectivity index (χ1) is 6.29. The summed E-state index contributed by atoms with van der Waals surface area (Å²) in [4.78, 5) is 11.1. The third-order valence-corrected chi connectivity index (χ3v) is 1.78. The summed E-state index contributed by atoms with van der Waals surface area (Å²) >= 11 is 5.17. The van der Waals surface area contributed by atoms with Crippen LogP contribution in [0.3, 0.4) is 0 Å². The van der Waals surface area contributed by atoms with Crippen molar-refractivity contribution >= 4 is 17.8 Å². The molecule has 0 N–H and O–H groups in total. The topological polar surface area (TPSA) is 35.5 Å². The number of benzene rings is 1. The summed E-state index contributed by atoms with van der Waals surface area (Å²) in [5.41, 5.74) is 0.671. The van der Waals surface area contributed by atoms with Crippen molar-refractivity contribution in [2.24, 2.45) is 0 Å². The van der Waals surface area contributed by atoms with Crippen LogP contribution in [0.4, 0.5) is 0 Å². The van der Waals surface area contributed by atoms with Gasteiger partial charge in [-0.25, -0.2) is 4.79 Å². The second-order valence-corrected chi connectivity index (χ2v) is 2.58. The molecule has 13 heavy (non-hydrogen) atoms. The number of ether oxygens (including phenoxy) is 1. The van der Waals surface area contributed by atoms with Gasteiger partial charge in [0.2, 0.25) is 6.10 Å². The first-order valence-electron chi connectivity index (χ1n) is 3.69. The highest BCUT2D eigenvalue weighted by molar-refractivity contribution is 6.08. The SMILES string of the molecule is COC(=O)C(OCl)c1ccccc1. The minimum atomic E-state index is -0.854. The average Bonchev–Trinajstić information content (AvgIpc) is 2.20. The number of rotatable bonds is 3. The quantitative estimate of drug-likeness (QED) is 0.701. The normalized spacial score (nSPS) is 12.2. The van der Waals surface area contributed by atoms with E-state index in [0.717, 1.165) is 0 Å². The van der Waals surface area contributed by atoms with E-state index in [4.69, 9.17) is 11.9 Å². The molecule has 0 aromatic heterocycles. The van der Waals surface area contributed by atoms with E-state index >= 15 is 0 Å². The highest BCUT2D eigenvalue weighted by atomic mass is 35.5. The van der Waals surface area contributed by atoms with Gasteiger partial charge in [-0.1, -0.05) is 30.3 Å². The molecule has 1 unspecified atom stereocenters. The molecule has 0 fully saturated rings. The van der Waals surface area contributed by atoms with Crippen LogP contribution >= 0.6 is 11.9 Å². The van der Waals surface area contributed by atoms with E-state index in [1.807, 2.05) is 6.07 Å². The second kappa shape index (κ2) is 4.84. The molecule has 0 aliphatic rings. The lowest BCUT2D eigenvalue weighted by molar-refractivity contribution is -0.148. The number of hydrogen-bond acceptors (Lipinski definition) is 3. The van der Waals surface area contributed by atoms with Crippen molar-refractivity contribution in [3.63, 3.8) is 0 Å². The van der Waals surface area contributed by atoms with Gasteiger partial charge in [-0.05, 0) is 5.56 Å². The summed E-state index contributed by atoms with van der Waals surface area (Å²) in [5, 5.41) is 0. The Balaban J connectivity index is 2.85. The van der Waals surface area contributed by atoms with Gasteiger partial charge in [-0.15, -0.1) is 0 Å². The van der Waals surface area contributed by atoms with Crippen molar-refractivity contribution in [2.75, 3.05) is 7.11 Å². The van der Waals surface area contributed by atoms with Gasteiger partial charge in [0, 0.05) is 0 Å². The summed E-state index contributed by atoms with van der Waals surface area (Å²) in [6.07, 6.45) is -0.854. The summed E-state index contributed by atoms with van der Waals surface area (Å²) in [6.45, 7) is 0. The van der Waals surface area contributed by atoms with Crippen molar-refractivity contribution in [3.05, 3.63) is 35.9 Å². The number of halogens is 1. The van der Waals surface area contributed by atoms with Gasteiger partial charge < -0.3 is 4.74 Å². The number of methoxy groups -OCH3 is 1. The minimum Gasteiger partial charge on any atom is -0.467 e. The van der Waals surface area contributed by atoms with Crippen LogP contribution < -0.4 is 0 Å². The summed E-state index contributed by atoms with van der Waals surface area (Å²) in [5.74, 6) is -0.513. The molecule has 1 aromatic carbocycles. The molecule has 0 aliphatic heterocycles. The molecule has 4 heteroatoms. The molecule has 0 spiro atoms. The Morgan fingerprint density at radius 2 is 2.00 bits per heavy atom. The van der Waals surface area contributed by atoms with Gasteiger partial charge in [-0.2, -0.15) is 0 Å². The number of hydrogen-bond donors (Lipinski definition) is 0. The predicted octanol–water partition coefficient (Wildman–Crippen LogP) is 2.07. The Labute approximate surface area is 81.4 Å². The van der Waals surface area contributed by atoms with E-state index in [0.29, 0.717) is 5.56 Å². The fourth-order valence-corrected chi connectivity index (χ4v) is 1.13. The maximum absolute atomic E-state index is 11.1. The lowest BCUT2D eigenvalue weighted by Gasteiger charge is -2.10. The summed E-state index contributed by atoms with van der Waals surface area (Å²) in [7, 11) is 1.29. The van der Waals surface area contributed by atoms with Gasteiger partial charge in [-0.3, -0.25) is 4.29 Å². The zero-order valence-electron chi connectivity index (χ0n) is 7.07. The molecule has 1 atom stereocenters. The molecule has 0 saturated heterocycles. The molecule has 0 amide bonds. The zero-order chi connectivity index (χ0) is 9.68. The minimum absolute atomic E-state index is 0.513. The summed E-state index contributed by atoms with van der Waals surface area (Å²) in [6, 6.07) is 8.91. The number of esters is 1. The third-order valence-electron chi connectivity index (χ3n) is 1.61. The number of carbonyl (C=O) groups excluding carboxylic acids is 1. The Hall–Kier alpha value is -1.06. The second-order valence-electron chi connectivity index (χ2n) is 2.40. The van der Waals surface area contributed by atoms with Gasteiger partial charge in [0.1, 0.15) is 0 Å². The van der Waals surface area contributed by atoms with E-state index in [2.05, 4.69) is 9.03 Å².